The quantitative estimate of drug-likeness (QED) is 0.861. The van der Waals surface area contributed by atoms with Gasteiger partial charge in [0.15, 0.2) is 0 Å². The Labute approximate surface area is 125 Å². The summed E-state index contributed by atoms with van der Waals surface area (Å²) in [7, 11) is 0. The zero-order valence-electron chi connectivity index (χ0n) is 12.8. The first-order valence-corrected chi connectivity index (χ1v) is 7.43. The van der Waals surface area contributed by atoms with Crippen LogP contribution >= 0.6 is 0 Å². The second-order valence-electron chi connectivity index (χ2n) is 5.63. The normalized spacial score (nSPS) is 16.3. The number of carbonyl (C=O) groups is 2. The molecule has 0 bridgehead atoms. The number of fused-ring (bicyclic) bond motifs is 1. The number of hydrogen-bond acceptors (Lipinski definition) is 3. The topological polar surface area (TPSA) is 61.4 Å². The van der Waals surface area contributed by atoms with Crippen LogP contribution in [0.25, 0.3) is 0 Å². The highest BCUT2D eigenvalue weighted by Crippen LogP contribution is 2.25. The molecule has 2 N–H and O–H groups in total. The molecule has 1 aromatic rings. The molecule has 21 heavy (non-hydrogen) atoms. The lowest BCUT2D eigenvalue weighted by atomic mass is 10.1. The summed E-state index contributed by atoms with van der Waals surface area (Å²) in [6, 6.07) is 7.74. The summed E-state index contributed by atoms with van der Waals surface area (Å²) in [5.41, 5.74) is 2.16. The Bertz CT molecular complexity index is 503. The summed E-state index contributed by atoms with van der Waals surface area (Å²) >= 11 is 0. The number of hydrogen-bond donors (Lipinski definition) is 2. The van der Waals surface area contributed by atoms with Gasteiger partial charge in [-0.1, -0.05) is 18.2 Å². The van der Waals surface area contributed by atoms with Gasteiger partial charge in [0.1, 0.15) is 6.04 Å². The second kappa shape index (κ2) is 6.61. The first kappa shape index (κ1) is 15.4. The number of anilines is 1. The second-order valence-corrected chi connectivity index (χ2v) is 5.63. The molecule has 5 nitrogen and oxygen atoms in total. The summed E-state index contributed by atoms with van der Waals surface area (Å²) < 4.78 is 0. The Morgan fingerprint density at radius 3 is 2.71 bits per heavy atom. The van der Waals surface area contributed by atoms with Crippen LogP contribution in [0.2, 0.25) is 0 Å². The molecule has 1 aliphatic rings. The van der Waals surface area contributed by atoms with Crippen LogP contribution in [-0.2, 0) is 16.0 Å². The Hall–Kier alpha value is -2.04. The minimum absolute atomic E-state index is 0.0207. The summed E-state index contributed by atoms with van der Waals surface area (Å²) in [4.78, 5) is 26.0. The molecule has 0 unspecified atom stereocenters. The summed E-state index contributed by atoms with van der Waals surface area (Å²) in [5, 5.41) is 6.06. The maximum absolute atomic E-state index is 12.5. The Balaban J connectivity index is 1.97. The van der Waals surface area contributed by atoms with Gasteiger partial charge < -0.3 is 15.5 Å². The number of benzene rings is 1. The predicted octanol–water partition coefficient (Wildman–Crippen LogP) is 1.40. The van der Waals surface area contributed by atoms with E-state index in [2.05, 4.69) is 10.6 Å². The van der Waals surface area contributed by atoms with Crippen LogP contribution in [0, 0.1) is 0 Å². The molecule has 0 aliphatic carbocycles. The van der Waals surface area contributed by atoms with Gasteiger partial charge in [-0.15, -0.1) is 0 Å². The monoisotopic (exact) mass is 289 g/mol. The molecule has 0 spiro atoms. The molecule has 1 aromatic carbocycles. The van der Waals surface area contributed by atoms with Gasteiger partial charge in [0.2, 0.25) is 11.8 Å². The van der Waals surface area contributed by atoms with Crippen molar-refractivity contribution in [3.8, 4) is 0 Å². The van der Waals surface area contributed by atoms with Gasteiger partial charge in [0.05, 0.1) is 6.54 Å². The molecule has 114 valence electrons. The zero-order valence-corrected chi connectivity index (χ0v) is 12.8. The van der Waals surface area contributed by atoms with Gasteiger partial charge in [-0.25, -0.2) is 0 Å². The lowest BCUT2D eigenvalue weighted by Crippen LogP contribution is -2.47. The third-order valence-corrected chi connectivity index (χ3v) is 3.55. The number of nitrogens with zero attached hydrogens (tertiary/aromatic N) is 1. The Morgan fingerprint density at radius 2 is 2.10 bits per heavy atom. The van der Waals surface area contributed by atoms with Gasteiger partial charge in [0.25, 0.3) is 0 Å². The van der Waals surface area contributed by atoms with Gasteiger partial charge in [-0.3, -0.25) is 9.59 Å². The van der Waals surface area contributed by atoms with E-state index in [0.29, 0.717) is 13.0 Å². The van der Waals surface area contributed by atoms with Crippen molar-refractivity contribution in [2.24, 2.45) is 0 Å². The van der Waals surface area contributed by atoms with E-state index in [-0.39, 0.29) is 30.4 Å². The molecule has 1 atom stereocenters. The van der Waals surface area contributed by atoms with Crippen molar-refractivity contribution < 1.29 is 9.59 Å². The molecule has 5 heteroatoms. The zero-order chi connectivity index (χ0) is 15.4. The molecule has 0 radical (unpaired) electrons. The van der Waals surface area contributed by atoms with Gasteiger partial charge in [-0.2, -0.15) is 0 Å². The van der Waals surface area contributed by atoms with E-state index >= 15 is 0 Å². The first-order chi connectivity index (χ1) is 10.0. The van der Waals surface area contributed by atoms with Crippen molar-refractivity contribution in [2.45, 2.75) is 39.3 Å². The highest BCUT2D eigenvalue weighted by Gasteiger charge is 2.30. The number of amides is 2. The average molecular weight is 289 g/mol. The fraction of sp³-hybridized carbons (Fsp3) is 0.500. The van der Waals surface area contributed by atoms with E-state index in [9.17, 15) is 9.59 Å². The van der Waals surface area contributed by atoms with Crippen molar-refractivity contribution in [3.63, 3.8) is 0 Å². The van der Waals surface area contributed by atoms with Crippen LogP contribution in [0.1, 0.15) is 26.3 Å². The molecule has 2 amide bonds. The molecular weight excluding hydrogens is 266 g/mol. The maximum Gasteiger partial charge on any atom is 0.245 e. The van der Waals surface area contributed by atoms with Crippen molar-refractivity contribution in [1.82, 2.24) is 10.2 Å². The lowest BCUT2D eigenvalue weighted by Gasteiger charge is -2.24. The molecule has 1 heterocycles. The van der Waals surface area contributed by atoms with E-state index in [1.54, 1.807) is 4.90 Å². The largest absolute Gasteiger partial charge is 0.373 e. The van der Waals surface area contributed by atoms with Crippen molar-refractivity contribution >= 4 is 17.5 Å². The Kier molecular flexibility index (Phi) is 4.83. The van der Waals surface area contributed by atoms with E-state index < -0.39 is 0 Å². The molecule has 1 aliphatic heterocycles. The van der Waals surface area contributed by atoms with Crippen molar-refractivity contribution in [3.05, 3.63) is 29.8 Å². The molecule has 0 fully saturated rings. The highest BCUT2D eigenvalue weighted by atomic mass is 16.2. The van der Waals surface area contributed by atoms with E-state index in [1.807, 2.05) is 45.0 Å². The smallest absolute Gasteiger partial charge is 0.245 e. The van der Waals surface area contributed by atoms with E-state index in [0.717, 1.165) is 11.3 Å². The van der Waals surface area contributed by atoms with Crippen molar-refractivity contribution in [1.29, 1.82) is 0 Å². The standard InChI is InChI=1S/C16H23N3O2/c1-4-19(10-15(20)17-11(2)3)16(21)14-9-12-7-5-6-8-13(12)18-14/h5-8,11,14,18H,4,9-10H2,1-3H3,(H,17,20)/t14-/m0/s1. The van der Waals surface area contributed by atoms with Crippen LogP contribution in [0.4, 0.5) is 5.69 Å². The molecule has 2 rings (SSSR count). The number of para-hydroxylation sites is 1. The minimum Gasteiger partial charge on any atom is -0.373 e. The van der Waals surface area contributed by atoms with Crippen LogP contribution in [0.15, 0.2) is 24.3 Å². The maximum atomic E-state index is 12.5. The molecular formula is C16H23N3O2. The fourth-order valence-electron chi connectivity index (χ4n) is 2.55. The number of nitrogens with one attached hydrogen (secondary N) is 2. The molecule has 0 saturated heterocycles. The third-order valence-electron chi connectivity index (χ3n) is 3.55. The van der Waals surface area contributed by atoms with Gasteiger partial charge in [-0.05, 0) is 32.4 Å². The van der Waals surface area contributed by atoms with Crippen LogP contribution < -0.4 is 10.6 Å². The van der Waals surface area contributed by atoms with E-state index in [4.69, 9.17) is 0 Å². The van der Waals surface area contributed by atoms with Crippen LogP contribution in [-0.4, -0.2) is 41.9 Å². The lowest BCUT2D eigenvalue weighted by molar-refractivity contribution is -0.136. The van der Waals surface area contributed by atoms with Gasteiger partial charge in [0, 0.05) is 24.7 Å². The summed E-state index contributed by atoms with van der Waals surface area (Å²) in [6.45, 7) is 6.35. The van der Waals surface area contributed by atoms with Crippen LogP contribution in [0.3, 0.4) is 0 Å². The SMILES string of the molecule is CCN(CC(=O)NC(C)C)C(=O)[C@@H]1Cc2ccccc2N1. The molecule has 0 saturated carbocycles. The van der Waals surface area contributed by atoms with Gasteiger partial charge >= 0.3 is 0 Å². The first-order valence-electron chi connectivity index (χ1n) is 7.43. The number of carbonyl (C=O) groups excluding carboxylic acids is 2. The minimum atomic E-state index is -0.269. The average Bonchev–Trinajstić information content (AvgIpc) is 2.87. The Morgan fingerprint density at radius 1 is 1.38 bits per heavy atom. The fourth-order valence-corrected chi connectivity index (χ4v) is 2.55. The summed E-state index contributed by atoms with van der Waals surface area (Å²) in [5.74, 6) is -0.136. The molecule has 0 aromatic heterocycles. The highest BCUT2D eigenvalue weighted by molar-refractivity contribution is 5.90. The predicted molar refractivity (Wildman–Crippen MR) is 83.1 cm³/mol. The van der Waals surface area contributed by atoms with E-state index in [1.165, 1.54) is 0 Å². The van der Waals surface area contributed by atoms with Crippen LogP contribution in [0.5, 0.6) is 0 Å². The number of rotatable bonds is 5. The third kappa shape index (κ3) is 3.74. The number of likely N-dealkylation sites (N-methyl/N-ethyl adjacent to an activating group) is 1. The van der Waals surface area contributed by atoms with Crippen molar-refractivity contribution in [2.75, 3.05) is 18.4 Å². The summed E-state index contributed by atoms with van der Waals surface area (Å²) in [6.07, 6.45) is 0.678.